The van der Waals surface area contributed by atoms with E-state index in [1.165, 1.54) is 0 Å². The molecule has 3 aromatic carbocycles. The van der Waals surface area contributed by atoms with E-state index in [4.69, 9.17) is 10.5 Å². The van der Waals surface area contributed by atoms with Crippen LogP contribution in [-0.4, -0.2) is 36.9 Å². The summed E-state index contributed by atoms with van der Waals surface area (Å²) in [4.78, 5) is 41.8. The van der Waals surface area contributed by atoms with Gasteiger partial charge in [0.05, 0.1) is 30.9 Å². The normalized spacial score (nSPS) is 21.1. The molecule has 5 rings (SSSR count). The van der Waals surface area contributed by atoms with Crippen LogP contribution in [0.4, 0.5) is 11.4 Å². The summed E-state index contributed by atoms with van der Waals surface area (Å²) in [5.41, 5.74) is 8.86. The lowest BCUT2D eigenvalue weighted by molar-refractivity contribution is -0.116. The maximum absolute atomic E-state index is 14.0. The number of hydrogen-bond donors (Lipinski definition) is 3. The second-order valence-electron chi connectivity index (χ2n) is 9.84. The molecule has 0 saturated heterocycles. The average Bonchev–Trinajstić information content (AvgIpc) is 3.09. The summed E-state index contributed by atoms with van der Waals surface area (Å²) < 4.78 is 5.25. The summed E-state index contributed by atoms with van der Waals surface area (Å²) >= 11 is 0. The number of nitrogens with one attached hydrogen (secondary N) is 2. The topological polar surface area (TPSA) is 114 Å². The van der Waals surface area contributed by atoms with Gasteiger partial charge >= 0.3 is 0 Å². The van der Waals surface area contributed by atoms with Gasteiger partial charge in [-0.05, 0) is 60.9 Å². The van der Waals surface area contributed by atoms with Crippen LogP contribution < -0.4 is 26.0 Å². The highest BCUT2D eigenvalue weighted by molar-refractivity contribution is 6.12. The van der Waals surface area contributed by atoms with Crippen LogP contribution in [0.5, 0.6) is 5.75 Å². The molecule has 3 aromatic rings. The Bertz CT molecular complexity index is 1330. The fourth-order valence-corrected chi connectivity index (χ4v) is 5.28. The van der Waals surface area contributed by atoms with Gasteiger partial charge in [-0.15, -0.1) is 0 Å². The number of amides is 3. The van der Waals surface area contributed by atoms with Crippen LogP contribution in [0.1, 0.15) is 64.4 Å². The number of carbonyl (C=O) groups excluding carboxylic acids is 3. The van der Waals surface area contributed by atoms with Crippen molar-refractivity contribution in [2.45, 2.75) is 50.2 Å². The van der Waals surface area contributed by atoms with E-state index in [0.717, 1.165) is 31.2 Å². The second-order valence-corrected chi connectivity index (χ2v) is 9.84. The lowest BCUT2D eigenvalue weighted by Crippen LogP contribution is -2.49. The van der Waals surface area contributed by atoms with Crippen LogP contribution in [0.15, 0.2) is 72.8 Å². The molecule has 196 valence electrons. The number of ether oxygens (including phenoxy) is 1. The highest BCUT2D eigenvalue weighted by Gasteiger charge is 2.35. The number of carbonyl (C=O) groups is 3. The van der Waals surface area contributed by atoms with Crippen molar-refractivity contribution in [1.82, 2.24) is 5.32 Å². The first kappa shape index (κ1) is 25.5. The quantitative estimate of drug-likeness (QED) is 0.468. The zero-order valence-corrected chi connectivity index (χ0v) is 21.4. The van der Waals surface area contributed by atoms with Crippen LogP contribution in [0.3, 0.4) is 0 Å². The zero-order valence-electron chi connectivity index (χ0n) is 21.4. The zero-order chi connectivity index (χ0) is 26.6. The summed E-state index contributed by atoms with van der Waals surface area (Å²) in [6.45, 7) is 0. The summed E-state index contributed by atoms with van der Waals surface area (Å²) in [6, 6.07) is 20.7. The number of fused-ring (bicyclic) bond motifs is 1. The number of benzene rings is 3. The Hall–Kier alpha value is -4.17. The Labute approximate surface area is 222 Å². The molecule has 1 fully saturated rings. The van der Waals surface area contributed by atoms with E-state index in [2.05, 4.69) is 10.6 Å². The minimum atomic E-state index is -0.535. The van der Waals surface area contributed by atoms with Gasteiger partial charge in [-0.25, -0.2) is 0 Å². The molecule has 1 aliphatic carbocycles. The second kappa shape index (κ2) is 11.1. The minimum absolute atomic E-state index is 0.0685. The molecule has 1 saturated carbocycles. The van der Waals surface area contributed by atoms with Gasteiger partial charge in [0.15, 0.2) is 0 Å². The van der Waals surface area contributed by atoms with E-state index in [1.54, 1.807) is 54.5 Å². The predicted octanol–water partition coefficient (Wildman–Crippen LogP) is 4.43. The standard InChI is InChI=1S/C30H32N4O4/c1-38-22-14-11-20(12-15-22)30(37)34-26-16-13-21(29(36)33-24-10-6-5-9-23(24)31)17-25(26)32-28(35)18-27(34)19-7-3-2-4-8-19/h2-4,7-8,11-17,23-24,27H,5-6,9-10,18,31H2,1H3,(H,32,35)(H,33,36). The summed E-state index contributed by atoms with van der Waals surface area (Å²) in [5, 5.41) is 5.98. The third-order valence-electron chi connectivity index (χ3n) is 7.36. The number of nitrogens with two attached hydrogens (primary N) is 1. The van der Waals surface area contributed by atoms with Gasteiger partial charge in [0.25, 0.3) is 11.8 Å². The molecule has 3 amide bonds. The first-order valence-electron chi connectivity index (χ1n) is 13.0. The van der Waals surface area contributed by atoms with Gasteiger partial charge in [-0.1, -0.05) is 43.2 Å². The molecule has 3 atom stereocenters. The smallest absolute Gasteiger partial charge is 0.258 e. The highest BCUT2D eigenvalue weighted by Crippen LogP contribution is 2.39. The van der Waals surface area contributed by atoms with Crippen molar-refractivity contribution in [2.75, 3.05) is 17.3 Å². The van der Waals surface area contributed by atoms with Gasteiger partial charge in [-0.2, -0.15) is 0 Å². The molecule has 4 N–H and O–H groups in total. The number of hydrogen-bond acceptors (Lipinski definition) is 5. The van der Waals surface area contributed by atoms with Crippen molar-refractivity contribution >= 4 is 29.1 Å². The molecular weight excluding hydrogens is 480 g/mol. The van der Waals surface area contributed by atoms with Crippen LogP contribution in [0.2, 0.25) is 0 Å². The van der Waals surface area contributed by atoms with Crippen molar-refractivity contribution in [3.8, 4) is 5.75 Å². The van der Waals surface area contributed by atoms with E-state index in [9.17, 15) is 14.4 Å². The average molecular weight is 513 g/mol. The Balaban J connectivity index is 1.53. The van der Waals surface area contributed by atoms with Crippen molar-refractivity contribution in [3.05, 3.63) is 89.5 Å². The Morgan fingerprint density at radius 2 is 1.68 bits per heavy atom. The number of methoxy groups -OCH3 is 1. The lowest BCUT2D eigenvalue weighted by atomic mass is 9.91. The molecule has 8 heteroatoms. The highest BCUT2D eigenvalue weighted by atomic mass is 16.5. The Kier molecular flexibility index (Phi) is 7.42. The number of nitrogens with zero attached hydrogens (tertiary/aromatic N) is 1. The van der Waals surface area contributed by atoms with Crippen LogP contribution >= 0.6 is 0 Å². The van der Waals surface area contributed by atoms with Crippen molar-refractivity contribution < 1.29 is 19.1 Å². The third kappa shape index (κ3) is 5.26. The van der Waals surface area contributed by atoms with E-state index < -0.39 is 6.04 Å². The van der Waals surface area contributed by atoms with Crippen molar-refractivity contribution in [1.29, 1.82) is 0 Å². The predicted molar refractivity (Wildman–Crippen MR) is 146 cm³/mol. The minimum Gasteiger partial charge on any atom is -0.497 e. The molecule has 0 aromatic heterocycles. The lowest BCUT2D eigenvalue weighted by Gasteiger charge is -2.31. The van der Waals surface area contributed by atoms with Crippen LogP contribution in [0, 0.1) is 0 Å². The molecule has 2 aliphatic rings. The SMILES string of the molecule is COc1ccc(C(=O)N2c3ccc(C(=O)NC4CCCCC4N)cc3NC(=O)CC2c2ccccc2)cc1. The molecule has 3 unspecified atom stereocenters. The summed E-state index contributed by atoms with van der Waals surface area (Å²) in [7, 11) is 1.57. The number of rotatable bonds is 5. The number of anilines is 2. The molecule has 0 bridgehead atoms. The molecule has 1 aliphatic heterocycles. The fraction of sp³-hybridized carbons (Fsp3) is 0.300. The van der Waals surface area contributed by atoms with Crippen molar-refractivity contribution in [2.24, 2.45) is 5.73 Å². The first-order chi connectivity index (χ1) is 18.4. The molecule has 8 nitrogen and oxygen atoms in total. The van der Waals surface area contributed by atoms with Crippen molar-refractivity contribution in [3.63, 3.8) is 0 Å². The maximum atomic E-state index is 14.0. The molecular formula is C30H32N4O4. The van der Waals surface area contributed by atoms with E-state index in [1.807, 2.05) is 30.3 Å². The van der Waals surface area contributed by atoms with E-state index >= 15 is 0 Å². The Morgan fingerprint density at radius 3 is 2.39 bits per heavy atom. The first-order valence-corrected chi connectivity index (χ1v) is 13.0. The monoisotopic (exact) mass is 512 g/mol. The van der Waals surface area contributed by atoms with Crippen LogP contribution in [0.25, 0.3) is 0 Å². The van der Waals surface area contributed by atoms with Gasteiger partial charge in [0.2, 0.25) is 5.91 Å². The molecule has 38 heavy (non-hydrogen) atoms. The Morgan fingerprint density at radius 1 is 0.974 bits per heavy atom. The summed E-state index contributed by atoms with van der Waals surface area (Å²) in [5.74, 6) is -0.106. The molecule has 0 spiro atoms. The van der Waals surface area contributed by atoms with Gasteiger partial charge in [0, 0.05) is 23.2 Å². The van der Waals surface area contributed by atoms with E-state index in [0.29, 0.717) is 28.3 Å². The van der Waals surface area contributed by atoms with Gasteiger partial charge in [-0.3, -0.25) is 19.3 Å². The third-order valence-corrected chi connectivity index (χ3v) is 7.36. The fourth-order valence-electron chi connectivity index (χ4n) is 5.28. The van der Waals surface area contributed by atoms with Gasteiger partial charge < -0.3 is 21.1 Å². The largest absolute Gasteiger partial charge is 0.497 e. The van der Waals surface area contributed by atoms with Crippen LogP contribution in [-0.2, 0) is 4.79 Å². The van der Waals surface area contributed by atoms with E-state index in [-0.39, 0.29) is 36.2 Å². The summed E-state index contributed by atoms with van der Waals surface area (Å²) in [6.07, 6.45) is 3.90. The maximum Gasteiger partial charge on any atom is 0.258 e. The van der Waals surface area contributed by atoms with Gasteiger partial charge in [0.1, 0.15) is 5.75 Å². The molecule has 0 radical (unpaired) electrons. The molecule has 1 heterocycles.